The number of alkyl halides is 2. The zero-order valence-electron chi connectivity index (χ0n) is 27.0. The normalized spacial score (nSPS) is 22.7. The minimum atomic E-state index is -2.67. The third-order valence-corrected chi connectivity index (χ3v) is 10.4. The van der Waals surface area contributed by atoms with Crippen molar-refractivity contribution in [2.75, 3.05) is 62.0 Å². The van der Waals surface area contributed by atoms with Crippen molar-refractivity contribution in [2.24, 2.45) is 16.1 Å². The van der Waals surface area contributed by atoms with Crippen LogP contribution in [0.15, 0.2) is 35.1 Å². The largest absolute Gasteiger partial charge is 0.464 e. The highest BCUT2D eigenvalue weighted by Gasteiger charge is 2.45. The van der Waals surface area contributed by atoms with Crippen molar-refractivity contribution in [1.82, 2.24) is 15.1 Å². The molecule has 5 rings (SSSR count). The second-order valence-corrected chi connectivity index (χ2v) is 14.1. The van der Waals surface area contributed by atoms with E-state index in [1.165, 1.54) is 12.8 Å². The monoisotopic (exact) mass is 663 g/mol. The molecule has 14 heteroatoms. The van der Waals surface area contributed by atoms with Crippen LogP contribution in [0, 0.1) is 5.41 Å². The minimum Gasteiger partial charge on any atom is -0.464 e. The summed E-state index contributed by atoms with van der Waals surface area (Å²) in [6.45, 7) is 3.95. The maximum absolute atomic E-state index is 13.9. The number of carbonyl (C=O) groups is 2. The van der Waals surface area contributed by atoms with Crippen LogP contribution in [0.1, 0.15) is 68.6 Å². The summed E-state index contributed by atoms with van der Waals surface area (Å²) in [6, 6.07) is 4.45. The number of piperidine rings is 2. The SMILES string of the molecule is CC[C@H](N)C(=O)OCCSN(O)c1ccc(C(=O)NC2=CCC(N(C)C)C(N3CCC(F)(F)CC3)=N2)c(N2CCC3(CC2)CC3)c1. The van der Waals surface area contributed by atoms with Crippen molar-refractivity contribution >= 4 is 41.0 Å². The molecule has 46 heavy (non-hydrogen) atoms. The molecule has 0 aromatic heterocycles. The molecule has 254 valence electrons. The van der Waals surface area contributed by atoms with E-state index in [9.17, 15) is 23.6 Å². The number of likely N-dealkylation sites (tertiary alicyclic amines) is 1. The number of hydrogen-bond donors (Lipinski definition) is 3. The Bertz CT molecular complexity index is 1320. The molecule has 3 fully saturated rings. The Hall–Kier alpha value is -2.94. The highest BCUT2D eigenvalue weighted by Crippen LogP contribution is 2.54. The predicted octanol–water partition coefficient (Wildman–Crippen LogP) is 4.23. The topological polar surface area (TPSA) is 127 Å². The van der Waals surface area contributed by atoms with Gasteiger partial charge in [0.25, 0.3) is 11.8 Å². The average Bonchev–Trinajstić information content (AvgIpc) is 3.80. The maximum Gasteiger partial charge on any atom is 0.322 e. The fourth-order valence-corrected chi connectivity index (χ4v) is 6.82. The molecule has 1 unspecified atom stereocenters. The molecule has 1 amide bonds. The van der Waals surface area contributed by atoms with E-state index >= 15 is 0 Å². The van der Waals surface area contributed by atoms with Gasteiger partial charge < -0.3 is 25.6 Å². The van der Waals surface area contributed by atoms with Gasteiger partial charge in [-0.15, -0.1) is 0 Å². The lowest BCUT2D eigenvalue weighted by Crippen LogP contribution is -2.51. The molecule has 0 radical (unpaired) electrons. The number of carbonyl (C=O) groups excluding carboxylic acids is 2. The van der Waals surface area contributed by atoms with Crippen LogP contribution in [0.4, 0.5) is 20.2 Å². The Labute approximate surface area is 274 Å². The summed E-state index contributed by atoms with van der Waals surface area (Å²) < 4.78 is 34.0. The van der Waals surface area contributed by atoms with Crippen LogP contribution >= 0.6 is 11.9 Å². The fraction of sp³-hybridized carbons (Fsp3) is 0.656. The van der Waals surface area contributed by atoms with E-state index in [0.29, 0.717) is 46.9 Å². The second-order valence-electron chi connectivity index (χ2n) is 13.0. The quantitative estimate of drug-likeness (QED) is 0.137. The van der Waals surface area contributed by atoms with E-state index in [1.54, 1.807) is 12.1 Å². The number of aliphatic imine (C=N–C) groups is 1. The summed E-state index contributed by atoms with van der Waals surface area (Å²) in [5, 5.41) is 13.8. The van der Waals surface area contributed by atoms with E-state index in [1.807, 2.05) is 43.0 Å². The van der Waals surface area contributed by atoms with Crippen molar-refractivity contribution < 1.29 is 28.3 Å². The Kier molecular flexibility index (Phi) is 10.8. The van der Waals surface area contributed by atoms with Gasteiger partial charge in [-0.25, -0.2) is 13.8 Å². The maximum atomic E-state index is 13.9. The van der Waals surface area contributed by atoms with E-state index < -0.39 is 17.9 Å². The van der Waals surface area contributed by atoms with Crippen LogP contribution in [0.2, 0.25) is 0 Å². The van der Waals surface area contributed by atoms with Crippen molar-refractivity contribution in [2.45, 2.75) is 76.3 Å². The average molecular weight is 664 g/mol. The smallest absolute Gasteiger partial charge is 0.322 e. The number of rotatable bonds is 11. The first kappa shape index (κ1) is 34.4. The summed E-state index contributed by atoms with van der Waals surface area (Å²) in [7, 11) is 3.87. The number of hydrogen-bond acceptors (Lipinski definition) is 11. The molecule has 0 bridgehead atoms. The first-order valence-corrected chi connectivity index (χ1v) is 17.2. The molecule has 4 aliphatic rings. The summed E-state index contributed by atoms with van der Waals surface area (Å²) in [5.74, 6) is -2.05. The van der Waals surface area contributed by atoms with Gasteiger partial charge in [0.15, 0.2) is 0 Å². The molecule has 2 saturated heterocycles. The fourth-order valence-electron chi connectivity index (χ4n) is 6.23. The summed E-state index contributed by atoms with van der Waals surface area (Å²) in [6.07, 6.45) is 7.13. The Morgan fingerprint density at radius 3 is 2.43 bits per heavy atom. The van der Waals surface area contributed by atoms with Crippen LogP contribution in [0.3, 0.4) is 0 Å². The van der Waals surface area contributed by atoms with Gasteiger partial charge in [-0.2, -0.15) is 4.47 Å². The number of halogens is 2. The standard InChI is InChI=1S/C32H47F2N7O4S/c1-4-24(35)30(43)45-19-20-46-41(44)22-5-6-23(26(21-22)39-15-11-31(9-10-31)12-16-39)29(42)37-27-8-7-25(38(2)3)28(36-27)40-17-13-32(33,34)14-18-40/h5-6,8,21,24-25,44H,4,7,9-20,35H2,1-3H3,(H,37,42)/t24-,25?/m0/s1. The van der Waals surface area contributed by atoms with Crippen molar-refractivity contribution in [3.63, 3.8) is 0 Å². The zero-order valence-corrected chi connectivity index (χ0v) is 27.8. The lowest BCUT2D eigenvalue weighted by molar-refractivity contribution is -0.144. The molecule has 4 N–H and O–H groups in total. The molecule has 1 saturated carbocycles. The Morgan fingerprint density at radius 2 is 1.80 bits per heavy atom. The second kappa shape index (κ2) is 14.4. The van der Waals surface area contributed by atoms with Gasteiger partial charge in [0, 0.05) is 39.0 Å². The van der Waals surface area contributed by atoms with Crippen LogP contribution in [0.5, 0.6) is 0 Å². The molecule has 1 spiro atoms. The molecular weight excluding hydrogens is 616 g/mol. The number of nitrogens with two attached hydrogens (primary N) is 1. The van der Waals surface area contributed by atoms with Gasteiger partial charge >= 0.3 is 5.97 Å². The van der Waals surface area contributed by atoms with E-state index in [2.05, 4.69) is 10.2 Å². The van der Waals surface area contributed by atoms with E-state index in [0.717, 1.165) is 48.0 Å². The van der Waals surface area contributed by atoms with Crippen molar-refractivity contribution in [3.05, 3.63) is 35.7 Å². The number of likely N-dealkylation sites (N-methyl/N-ethyl adjacent to an activating group) is 1. The Balaban J connectivity index is 1.30. The highest BCUT2D eigenvalue weighted by molar-refractivity contribution is 8.00. The number of amidine groups is 1. The molecule has 2 atom stereocenters. The van der Waals surface area contributed by atoms with Gasteiger partial charge in [0.2, 0.25) is 0 Å². The Morgan fingerprint density at radius 1 is 1.13 bits per heavy atom. The number of esters is 1. The summed E-state index contributed by atoms with van der Waals surface area (Å²) >= 11 is 1.08. The molecule has 11 nitrogen and oxygen atoms in total. The number of nitrogens with one attached hydrogen (secondary N) is 1. The van der Waals surface area contributed by atoms with Crippen LogP contribution in [-0.2, 0) is 9.53 Å². The van der Waals surface area contributed by atoms with Gasteiger partial charge in [0.1, 0.15) is 24.3 Å². The predicted molar refractivity (Wildman–Crippen MR) is 176 cm³/mol. The molecular formula is C32H47F2N7O4S. The van der Waals surface area contributed by atoms with Gasteiger partial charge in [-0.05, 0) is 94.3 Å². The van der Waals surface area contributed by atoms with E-state index in [-0.39, 0.29) is 44.5 Å². The van der Waals surface area contributed by atoms with Gasteiger partial charge in [-0.1, -0.05) is 6.92 Å². The van der Waals surface area contributed by atoms with Gasteiger partial charge in [-0.3, -0.25) is 19.7 Å². The van der Waals surface area contributed by atoms with Gasteiger partial charge in [0.05, 0.1) is 28.7 Å². The first-order valence-electron chi connectivity index (χ1n) is 16.2. The summed E-state index contributed by atoms with van der Waals surface area (Å²) in [4.78, 5) is 36.6. The van der Waals surface area contributed by atoms with E-state index in [4.69, 9.17) is 15.5 Å². The van der Waals surface area contributed by atoms with Crippen LogP contribution < -0.4 is 20.4 Å². The highest BCUT2D eigenvalue weighted by atomic mass is 32.2. The number of ether oxygens (including phenoxy) is 1. The van der Waals surface area contributed by atoms with Crippen molar-refractivity contribution in [3.8, 4) is 0 Å². The number of nitrogens with zero attached hydrogens (tertiary/aromatic N) is 5. The molecule has 3 aliphatic heterocycles. The van der Waals surface area contributed by atoms with Crippen LogP contribution in [-0.4, -0.2) is 103 Å². The third-order valence-electron chi connectivity index (χ3n) is 9.60. The van der Waals surface area contributed by atoms with Crippen LogP contribution in [0.25, 0.3) is 0 Å². The molecule has 1 aliphatic carbocycles. The minimum absolute atomic E-state index is 0.0785. The zero-order chi connectivity index (χ0) is 33.1. The lowest BCUT2D eigenvalue weighted by atomic mass is 9.93. The number of amides is 1. The number of anilines is 2. The molecule has 1 aromatic carbocycles. The lowest BCUT2D eigenvalue weighted by Gasteiger charge is -2.39. The third kappa shape index (κ3) is 8.31. The molecule has 3 heterocycles. The number of benzene rings is 1. The molecule has 1 aromatic rings. The van der Waals surface area contributed by atoms with Crippen molar-refractivity contribution in [1.29, 1.82) is 0 Å². The first-order chi connectivity index (χ1) is 21.9. The summed E-state index contributed by atoms with van der Waals surface area (Å²) in [5.41, 5.74) is 7.81.